The first-order chi connectivity index (χ1) is 43.6. The average Bonchev–Trinajstić information content (AvgIpc) is 1.67. The van der Waals surface area contributed by atoms with Crippen molar-refractivity contribution in [3.05, 3.63) is 271 Å². The Morgan fingerprint density at radius 3 is 1.07 bits per heavy atom. The summed E-state index contributed by atoms with van der Waals surface area (Å²) in [5.74, 6) is 0. The molecule has 0 saturated carbocycles. The van der Waals surface area contributed by atoms with E-state index in [4.69, 9.17) is 9.97 Å². The fourth-order valence-corrected chi connectivity index (χ4v) is 16.1. The van der Waals surface area contributed by atoms with Crippen LogP contribution in [0.5, 0.6) is 0 Å². The molecule has 5 heteroatoms. The summed E-state index contributed by atoms with van der Waals surface area (Å²) < 4.78 is 2.65. The molecule has 4 nitrogen and oxygen atoms in total. The molecule has 1 radical (unpaired) electrons. The number of H-pyrrole nitrogens is 1. The number of nitrogens with zero attached hydrogens (tertiary/aromatic N) is 3. The zero-order valence-corrected chi connectivity index (χ0v) is 48.7. The quantitative estimate of drug-likeness (QED) is 0.179. The van der Waals surface area contributed by atoms with E-state index in [1.54, 1.807) is 0 Å². The summed E-state index contributed by atoms with van der Waals surface area (Å²) in [6.45, 7) is 0. The Morgan fingerprint density at radius 2 is 0.607 bits per heavy atom. The molecule has 0 saturated heterocycles. The van der Waals surface area contributed by atoms with Crippen molar-refractivity contribution in [2.24, 2.45) is 0 Å². The van der Waals surface area contributed by atoms with E-state index >= 15 is 0 Å². The molecule has 1 N–H and O–H groups in total. The van der Waals surface area contributed by atoms with E-state index in [1.807, 2.05) is 0 Å². The van der Waals surface area contributed by atoms with Crippen LogP contribution in [-0.2, 0) is 16.8 Å². The number of fused-ring (bicyclic) bond motifs is 8. The van der Waals surface area contributed by atoms with Crippen molar-refractivity contribution in [3.8, 4) is 39.1 Å². The van der Waals surface area contributed by atoms with Crippen molar-refractivity contribution in [2.45, 2.75) is 0 Å². The number of benzene rings is 16. The average molecular weight is 1170 g/mol. The molecule has 21 rings (SSSR count). The van der Waals surface area contributed by atoms with Gasteiger partial charge in [0, 0.05) is 49.9 Å². The SMILES string of the molecule is C1=Cc2cc3c(-c4ccc5ccc6cccc7ccc4c5c67)c(-c4ccc5ccc6cccc7ccc4c5c67)c(c(-c4ccc5ccc6cccc7ccc4c5c67)c4nc(cc5ccc(cc1n2)[nH]5)C=C4)n3-c1ccc2ccc3cccc4ccc1c2c34.[Co]. The minimum absolute atomic E-state index is 0. The summed E-state index contributed by atoms with van der Waals surface area (Å²) in [6.07, 6.45) is 8.82. The molecule has 0 amide bonds. The van der Waals surface area contributed by atoms with Gasteiger partial charge in [-0.2, -0.15) is 0 Å². The van der Waals surface area contributed by atoms with Crippen LogP contribution in [0.1, 0.15) is 22.8 Å². The van der Waals surface area contributed by atoms with Crippen molar-refractivity contribution in [2.75, 3.05) is 0 Å². The van der Waals surface area contributed by atoms with Crippen LogP contribution in [0.25, 0.3) is 215 Å². The molecule has 89 heavy (non-hydrogen) atoms. The fourth-order valence-electron chi connectivity index (χ4n) is 16.1. The standard InChI is InChI=1S/C84H46N4.Co/c1-5-46-13-17-54-24-37-66(63-34-21-50(9-1)73(46)77(54)63)81-70-41-33-61(87-70)44-60-30-29-58(85-60)43-59-31-32-62(86-59)45-72-82(67-38-25-55-18-14-47-6-2-10-51-22-35-64(67)78(55)74(47)51)83(68-39-26-56-19-15-48-7-3-11-52-23-36-65(68)79(56)75(48)52)84(81)88(72)71-42-28-57-20-16-49-8-4-12-53-27-40-69(71)80(57)76(49)53;/h1-45,85H;. The minimum Gasteiger partial charge on any atom is -0.355 e. The van der Waals surface area contributed by atoms with Crippen LogP contribution in [0.3, 0.4) is 0 Å². The molecule has 5 heterocycles. The Bertz CT molecular complexity index is 6490. The Kier molecular flexibility index (Phi) is 9.87. The molecule has 0 unspecified atom stereocenters. The van der Waals surface area contributed by atoms with Gasteiger partial charge in [0.25, 0.3) is 0 Å². The fraction of sp³-hybridized carbons (Fsp3) is 0. The van der Waals surface area contributed by atoms with Gasteiger partial charge in [-0.1, -0.05) is 212 Å². The molecule has 0 fully saturated rings. The summed E-state index contributed by atoms with van der Waals surface area (Å²) in [5.41, 5.74) is 15.2. The summed E-state index contributed by atoms with van der Waals surface area (Å²) in [4.78, 5) is 15.1. The Labute approximate surface area is 519 Å². The second-order valence-corrected chi connectivity index (χ2v) is 24.4. The third kappa shape index (κ3) is 6.77. The van der Waals surface area contributed by atoms with E-state index in [0.29, 0.717) is 0 Å². The molecule has 8 bridgehead atoms. The largest absolute Gasteiger partial charge is 0.355 e. The van der Waals surface area contributed by atoms with Crippen LogP contribution in [0.15, 0.2) is 249 Å². The number of rotatable bonds is 4. The number of hydrogen-bond donors (Lipinski definition) is 1. The van der Waals surface area contributed by atoms with Crippen LogP contribution in [0, 0.1) is 0 Å². The van der Waals surface area contributed by atoms with Gasteiger partial charge in [0.15, 0.2) is 0 Å². The number of aromatic nitrogens is 4. The smallest absolute Gasteiger partial charge is 0.0737 e. The van der Waals surface area contributed by atoms with Crippen molar-refractivity contribution in [3.63, 3.8) is 0 Å². The maximum Gasteiger partial charge on any atom is 0.0737 e. The first kappa shape index (κ1) is 49.0. The van der Waals surface area contributed by atoms with Gasteiger partial charge in [-0.25, -0.2) is 9.97 Å². The van der Waals surface area contributed by atoms with E-state index in [9.17, 15) is 0 Å². The molecule has 16 aromatic carbocycles. The molecular formula is C84H46CoN4. The number of hydrogen-bond acceptors (Lipinski definition) is 2. The van der Waals surface area contributed by atoms with Crippen LogP contribution in [0.2, 0.25) is 0 Å². The third-order valence-electron chi connectivity index (χ3n) is 19.8. The molecule has 2 aliphatic heterocycles. The maximum absolute atomic E-state index is 5.86. The molecule has 3 aromatic heterocycles. The monoisotopic (exact) mass is 1170 g/mol. The van der Waals surface area contributed by atoms with Gasteiger partial charge in [-0.15, -0.1) is 0 Å². The van der Waals surface area contributed by atoms with Crippen molar-refractivity contribution >= 4 is 176 Å². The molecule has 0 spiro atoms. The Hall–Kier alpha value is -11.2. The van der Waals surface area contributed by atoms with Crippen molar-refractivity contribution in [1.29, 1.82) is 0 Å². The minimum atomic E-state index is 0. The van der Waals surface area contributed by atoms with E-state index in [-0.39, 0.29) is 16.8 Å². The van der Waals surface area contributed by atoms with E-state index in [0.717, 1.165) is 89.3 Å². The second-order valence-electron chi connectivity index (χ2n) is 24.4. The molecule has 2 aliphatic rings. The Balaban J connectivity index is 0.00000555. The van der Waals surface area contributed by atoms with Crippen LogP contribution < -0.4 is 0 Å². The van der Waals surface area contributed by atoms with Crippen molar-refractivity contribution in [1.82, 2.24) is 19.5 Å². The molecular weight excluding hydrogens is 1120 g/mol. The number of nitrogens with one attached hydrogen (secondary N) is 1. The maximum atomic E-state index is 5.86. The van der Waals surface area contributed by atoms with Crippen molar-refractivity contribution < 1.29 is 16.8 Å². The summed E-state index contributed by atoms with van der Waals surface area (Å²) >= 11 is 0. The number of aromatic amines is 1. The molecule has 0 aliphatic carbocycles. The normalized spacial score (nSPS) is 12.8. The zero-order chi connectivity index (χ0) is 57.0. The van der Waals surface area contributed by atoms with Gasteiger partial charge in [0.1, 0.15) is 0 Å². The molecule has 411 valence electrons. The van der Waals surface area contributed by atoms with Crippen LogP contribution in [-0.4, -0.2) is 19.5 Å². The van der Waals surface area contributed by atoms with Gasteiger partial charge in [0.2, 0.25) is 0 Å². The summed E-state index contributed by atoms with van der Waals surface area (Å²) in [5, 5.41) is 29.5. The second kappa shape index (κ2) is 17.9. The van der Waals surface area contributed by atoms with Gasteiger partial charge >= 0.3 is 0 Å². The predicted molar refractivity (Wildman–Crippen MR) is 375 cm³/mol. The van der Waals surface area contributed by atoms with Gasteiger partial charge in [-0.3, -0.25) is 0 Å². The first-order valence-electron chi connectivity index (χ1n) is 30.4. The van der Waals surface area contributed by atoms with E-state index in [2.05, 4.69) is 283 Å². The summed E-state index contributed by atoms with van der Waals surface area (Å²) in [7, 11) is 0. The molecule has 0 atom stereocenters. The van der Waals surface area contributed by atoms with E-state index in [1.165, 1.54) is 124 Å². The van der Waals surface area contributed by atoms with E-state index < -0.39 is 0 Å². The Morgan fingerprint density at radius 1 is 0.270 bits per heavy atom. The van der Waals surface area contributed by atoms with Gasteiger partial charge in [-0.05, 0) is 201 Å². The van der Waals surface area contributed by atoms with Crippen LogP contribution >= 0.6 is 0 Å². The predicted octanol–water partition coefficient (Wildman–Crippen LogP) is 22.7. The third-order valence-corrected chi connectivity index (χ3v) is 19.8. The first-order valence-corrected chi connectivity index (χ1v) is 30.4. The van der Waals surface area contributed by atoms with Gasteiger partial charge < -0.3 is 9.55 Å². The summed E-state index contributed by atoms with van der Waals surface area (Å²) in [6, 6.07) is 94.2. The molecule has 19 aromatic rings. The zero-order valence-electron chi connectivity index (χ0n) is 47.7. The van der Waals surface area contributed by atoms with Gasteiger partial charge in [0.05, 0.1) is 39.5 Å². The van der Waals surface area contributed by atoms with Crippen LogP contribution in [0.4, 0.5) is 0 Å². The topological polar surface area (TPSA) is 46.5 Å².